The van der Waals surface area contributed by atoms with E-state index in [4.69, 9.17) is 9.47 Å². The van der Waals surface area contributed by atoms with Gasteiger partial charge in [-0.05, 0) is 48.2 Å². The van der Waals surface area contributed by atoms with Gasteiger partial charge in [0.1, 0.15) is 11.4 Å². The second-order valence-corrected chi connectivity index (χ2v) is 6.83. The molecule has 0 fully saturated rings. The summed E-state index contributed by atoms with van der Waals surface area (Å²) in [4.78, 5) is 26.2. The molecule has 2 aromatic rings. The Labute approximate surface area is 176 Å². The summed E-state index contributed by atoms with van der Waals surface area (Å²) in [5.41, 5.74) is 3.81. The monoisotopic (exact) mass is 406 g/mol. The van der Waals surface area contributed by atoms with Gasteiger partial charge in [-0.2, -0.15) is 0 Å². The number of nitrogens with one attached hydrogen (secondary N) is 2. The molecule has 2 aromatic carbocycles. The zero-order valence-electron chi connectivity index (χ0n) is 17.7. The minimum Gasteiger partial charge on any atom is -0.491 e. The topological polar surface area (TPSA) is 76.7 Å². The molecule has 0 bridgehead atoms. The van der Waals surface area contributed by atoms with E-state index >= 15 is 0 Å². The molecule has 0 saturated heterocycles. The Bertz CT molecular complexity index is 919. The number of carbonyl (C=O) groups is 2. The Kier molecular flexibility index (Phi) is 6.57. The summed E-state index contributed by atoms with van der Waals surface area (Å²) in [7, 11) is 2.74. The molecular weight excluding hydrogens is 380 g/mol. The van der Waals surface area contributed by atoms with Gasteiger partial charge in [-0.1, -0.05) is 38.1 Å². The van der Waals surface area contributed by atoms with E-state index in [0.29, 0.717) is 11.4 Å². The minimum atomic E-state index is -0.457. The number of rotatable bonds is 8. The fourth-order valence-corrected chi connectivity index (χ4v) is 3.21. The van der Waals surface area contributed by atoms with Crippen LogP contribution in [0.4, 0.5) is 11.4 Å². The van der Waals surface area contributed by atoms with Crippen LogP contribution in [-0.2, 0) is 31.9 Å². The molecule has 156 valence electrons. The molecule has 6 nitrogen and oxygen atoms in total. The minimum absolute atomic E-state index is 0.0514. The van der Waals surface area contributed by atoms with Crippen molar-refractivity contribution in [3.8, 4) is 0 Å². The lowest BCUT2D eigenvalue weighted by molar-refractivity contribution is -0.120. The molecule has 0 spiro atoms. The van der Waals surface area contributed by atoms with E-state index in [-0.39, 0.29) is 22.9 Å². The van der Waals surface area contributed by atoms with Gasteiger partial charge in [0, 0.05) is 11.4 Å². The van der Waals surface area contributed by atoms with Crippen LogP contribution in [0.15, 0.2) is 71.4 Å². The highest BCUT2D eigenvalue weighted by atomic mass is 16.5. The van der Waals surface area contributed by atoms with Crippen LogP contribution in [0.3, 0.4) is 0 Å². The molecule has 2 N–H and O–H groups in total. The number of carbonyl (C=O) groups excluding carboxylic acids is 2. The highest BCUT2D eigenvalue weighted by Gasteiger charge is 2.37. The van der Waals surface area contributed by atoms with Crippen molar-refractivity contribution < 1.29 is 19.1 Å². The van der Waals surface area contributed by atoms with Crippen molar-refractivity contribution in [2.75, 3.05) is 24.9 Å². The molecule has 0 heterocycles. The van der Waals surface area contributed by atoms with Crippen LogP contribution >= 0.6 is 0 Å². The average Bonchev–Trinajstić information content (AvgIpc) is 2.78. The maximum absolute atomic E-state index is 13.1. The van der Waals surface area contributed by atoms with Gasteiger partial charge in [-0.25, -0.2) is 0 Å². The molecule has 0 amide bonds. The van der Waals surface area contributed by atoms with Crippen molar-refractivity contribution >= 4 is 22.9 Å². The third-order valence-electron chi connectivity index (χ3n) is 4.99. The highest BCUT2D eigenvalue weighted by Crippen LogP contribution is 2.28. The molecule has 3 rings (SSSR count). The Morgan fingerprint density at radius 1 is 0.633 bits per heavy atom. The van der Waals surface area contributed by atoms with E-state index in [1.165, 1.54) is 25.3 Å². The average molecular weight is 406 g/mol. The molecule has 0 aliphatic heterocycles. The van der Waals surface area contributed by atoms with E-state index in [1.807, 2.05) is 48.5 Å². The third-order valence-corrected chi connectivity index (χ3v) is 4.99. The molecule has 6 heteroatoms. The van der Waals surface area contributed by atoms with Crippen molar-refractivity contribution in [1.29, 1.82) is 0 Å². The standard InChI is InChI=1S/C24H26N2O4/c1-5-15-7-11-17(12-8-15)25-19-21(27)24(30-4)20(22(28)23(19)29-3)26-18-13-9-16(6-2)10-14-18/h7-14,25-26H,5-6H2,1-4H3. The number of hydrogen-bond donors (Lipinski definition) is 2. The first-order valence-corrected chi connectivity index (χ1v) is 9.90. The number of anilines is 2. The second-order valence-electron chi connectivity index (χ2n) is 6.83. The lowest BCUT2D eigenvalue weighted by Gasteiger charge is -2.23. The normalized spacial score (nSPS) is 14.1. The zero-order valence-corrected chi connectivity index (χ0v) is 17.7. The summed E-state index contributed by atoms with van der Waals surface area (Å²) < 4.78 is 10.6. The predicted molar refractivity (Wildman–Crippen MR) is 117 cm³/mol. The molecule has 0 atom stereocenters. The van der Waals surface area contributed by atoms with Gasteiger partial charge in [-0.15, -0.1) is 0 Å². The number of hydrogen-bond acceptors (Lipinski definition) is 6. The van der Waals surface area contributed by atoms with E-state index in [1.54, 1.807) is 0 Å². The van der Waals surface area contributed by atoms with Gasteiger partial charge < -0.3 is 20.1 Å². The van der Waals surface area contributed by atoms with Crippen LogP contribution in [0.1, 0.15) is 25.0 Å². The molecule has 0 aromatic heterocycles. The Balaban J connectivity index is 1.93. The predicted octanol–water partition coefficient (Wildman–Crippen LogP) is 4.20. The fourth-order valence-electron chi connectivity index (χ4n) is 3.21. The summed E-state index contributed by atoms with van der Waals surface area (Å²) in [5, 5.41) is 6.04. The number of benzene rings is 2. The molecule has 0 saturated carbocycles. The zero-order chi connectivity index (χ0) is 21.7. The van der Waals surface area contributed by atoms with Crippen molar-refractivity contribution in [2.24, 2.45) is 0 Å². The highest BCUT2D eigenvalue weighted by molar-refractivity contribution is 6.25. The van der Waals surface area contributed by atoms with Crippen LogP contribution in [0.25, 0.3) is 0 Å². The summed E-state index contributed by atoms with van der Waals surface area (Å²) in [6.07, 6.45) is 1.82. The van der Waals surface area contributed by atoms with Crippen molar-refractivity contribution in [1.82, 2.24) is 0 Å². The Hall–Kier alpha value is -3.54. The van der Waals surface area contributed by atoms with E-state index in [2.05, 4.69) is 24.5 Å². The molecule has 1 aliphatic rings. The smallest absolute Gasteiger partial charge is 0.249 e. The van der Waals surface area contributed by atoms with E-state index in [0.717, 1.165) is 12.8 Å². The van der Waals surface area contributed by atoms with Crippen LogP contribution < -0.4 is 10.6 Å². The first-order chi connectivity index (χ1) is 14.5. The second kappa shape index (κ2) is 9.31. The lowest BCUT2D eigenvalue weighted by atomic mass is 10.0. The van der Waals surface area contributed by atoms with E-state index < -0.39 is 11.6 Å². The first-order valence-electron chi connectivity index (χ1n) is 9.90. The van der Waals surface area contributed by atoms with Gasteiger partial charge in [0.15, 0.2) is 11.5 Å². The van der Waals surface area contributed by atoms with E-state index in [9.17, 15) is 9.59 Å². The molecule has 30 heavy (non-hydrogen) atoms. The summed E-state index contributed by atoms with van der Waals surface area (Å²) in [5.74, 6) is -1.04. The number of Topliss-reactive ketones (excluding diaryl/α,β-unsaturated/α-hetero) is 2. The van der Waals surface area contributed by atoms with Crippen LogP contribution in [0, 0.1) is 0 Å². The van der Waals surface area contributed by atoms with Gasteiger partial charge in [-0.3, -0.25) is 9.59 Å². The summed E-state index contributed by atoms with van der Waals surface area (Å²) in [6.45, 7) is 4.13. The van der Waals surface area contributed by atoms with Crippen molar-refractivity contribution in [3.05, 3.63) is 82.6 Å². The van der Waals surface area contributed by atoms with Gasteiger partial charge in [0.05, 0.1) is 14.2 Å². The van der Waals surface area contributed by atoms with Crippen LogP contribution in [-0.4, -0.2) is 25.8 Å². The maximum atomic E-state index is 13.1. The fraction of sp³-hybridized carbons (Fsp3) is 0.250. The summed E-state index contributed by atoms with van der Waals surface area (Å²) in [6, 6.07) is 15.3. The van der Waals surface area contributed by atoms with Crippen molar-refractivity contribution in [3.63, 3.8) is 0 Å². The third kappa shape index (κ3) is 4.22. The van der Waals surface area contributed by atoms with Crippen LogP contribution in [0.2, 0.25) is 0 Å². The van der Waals surface area contributed by atoms with Gasteiger partial charge in [0.25, 0.3) is 0 Å². The number of aryl methyl sites for hydroxylation is 2. The van der Waals surface area contributed by atoms with Crippen molar-refractivity contribution in [2.45, 2.75) is 26.7 Å². The SMILES string of the molecule is CCc1ccc(NC2=C(OC)C(=O)C(Nc3ccc(CC)cc3)=C(OC)C2=O)cc1. The lowest BCUT2D eigenvalue weighted by Crippen LogP contribution is -2.32. The number of ether oxygens (including phenoxy) is 2. The Morgan fingerprint density at radius 3 is 1.23 bits per heavy atom. The molecular formula is C24H26N2O4. The Morgan fingerprint density at radius 2 is 0.967 bits per heavy atom. The van der Waals surface area contributed by atoms with Gasteiger partial charge in [0.2, 0.25) is 11.6 Å². The largest absolute Gasteiger partial charge is 0.491 e. The summed E-state index contributed by atoms with van der Waals surface area (Å²) >= 11 is 0. The molecule has 0 unspecified atom stereocenters. The van der Waals surface area contributed by atoms with Gasteiger partial charge >= 0.3 is 0 Å². The molecule has 1 aliphatic carbocycles. The number of ketones is 2. The quantitative estimate of drug-likeness (QED) is 0.640. The number of methoxy groups -OCH3 is 2. The first kappa shape index (κ1) is 21.2. The molecule has 0 radical (unpaired) electrons. The van der Waals surface area contributed by atoms with Crippen LogP contribution in [0.5, 0.6) is 0 Å². The maximum Gasteiger partial charge on any atom is 0.249 e.